The number of carbonyl (C=O) groups is 1. The lowest BCUT2D eigenvalue weighted by atomic mass is 9.96. The molecule has 2 heterocycles. The summed E-state index contributed by atoms with van der Waals surface area (Å²) in [7, 11) is 0. The van der Waals surface area contributed by atoms with E-state index in [0.717, 1.165) is 37.8 Å². The molecule has 2 aromatic rings. The van der Waals surface area contributed by atoms with Crippen molar-refractivity contribution in [3.63, 3.8) is 0 Å². The molecule has 2 fully saturated rings. The minimum atomic E-state index is -1.12. The maximum absolute atomic E-state index is 11.8. The first kappa shape index (κ1) is 15.2. The van der Waals surface area contributed by atoms with Crippen LogP contribution in [0.4, 0.5) is 0 Å². The number of hydrogen-bond acceptors (Lipinski definition) is 5. The van der Waals surface area contributed by atoms with Gasteiger partial charge in [0.1, 0.15) is 0 Å². The average Bonchev–Trinajstić information content (AvgIpc) is 3.49. The third-order valence-corrected chi connectivity index (χ3v) is 5.27. The van der Waals surface area contributed by atoms with E-state index in [1.165, 1.54) is 4.80 Å². The first-order chi connectivity index (χ1) is 11.5. The molecule has 1 N–H and O–H groups in total. The molecule has 1 unspecified atom stereocenters. The van der Waals surface area contributed by atoms with Crippen LogP contribution in [-0.2, 0) is 22.2 Å². The summed E-state index contributed by atoms with van der Waals surface area (Å²) in [6.07, 6.45) is 7.27. The van der Waals surface area contributed by atoms with Crippen molar-refractivity contribution in [1.82, 2.24) is 25.2 Å². The zero-order valence-electron chi connectivity index (χ0n) is 13.7. The van der Waals surface area contributed by atoms with Crippen LogP contribution in [0.1, 0.15) is 50.5 Å². The molecule has 0 aliphatic heterocycles. The van der Waals surface area contributed by atoms with Gasteiger partial charge in [-0.1, -0.05) is 18.9 Å². The van der Waals surface area contributed by atoms with Crippen molar-refractivity contribution in [2.24, 2.45) is 5.92 Å². The predicted molar refractivity (Wildman–Crippen MR) is 85.3 cm³/mol. The number of pyridine rings is 1. The molecule has 2 aliphatic carbocycles. The molecule has 2 saturated carbocycles. The Hall–Kier alpha value is -2.31. The summed E-state index contributed by atoms with van der Waals surface area (Å²) in [5.41, 5.74) is -0.246. The molecular formula is C17H21N5O2. The molecule has 24 heavy (non-hydrogen) atoms. The summed E-state index contributed by atoms with van der Waals surface area (Å²) < 4.78 is 0. The summed E-state index contributed by atoms with van der Waals surface area (Å²) in [5, 5.41) is 22.5. The van der Waals surface area contributed by atoms with Crippen molar-refractivity contribution in [2.75, 3.05) is 0 Å². The SMILES string of the molecule is CC(CC1CC1)(C(=O)O)n1nnc(C2(Cc3ccccn3)CC2)n1. The molecule has 2 aromatic heterocycles. The topological polar surface area (TPSA) is 93.8 Å². The molecule has 0 radical (unpaired) electrons. The zero-order chi connectivity index (χ0) is 16.8. The third kappa shape index (κ3) is 2.68. The first-order valence-corrected chi connectivity index (χ1v) is 8.46. The minimum absolute atomic E-state index is 0.133. The second-order valence-corrected chi connectivity index (χ2v) is 7.41. The molecule has 2 aliphatic rings. The standard InChI is InChI=1S/C17H21N5O2/c1-16(15(23)24,10-12-5-6-12)22-20-14(19-21-22)17(7-8-17)11-13-4-2-3-9-18-13/h2-4,9,12H,5-8,10-11H2,1H3,(H,23,24). The fourth-order valence-electron chi connectivity index (χ4n) is 3.25. The lowest BCUT2D eigenvalue weighted by molar-refractivity contribution is -0.148. The number of carboxylic acid groups (broad SMARTS) is 1. The molecule has 7 nitrogen and oxygen atoms in total. The van der Waals surface area contributed by atoms with Crippen LogP contribution in [0.25, 0.3) is 0 Å². The summed E-state index contributed by atoms with van der Waals surface area (Å²) in [4.78, 5) is 17.5. The molecule has 4 rings (SSSR count). The molecule has 0 amide bonds. The molecule has 0 aromatic carbocycles. The number of hydrogen-bond donors (Lipinski definition) is 1. The van der Waals surface area contributed by atoms with Gasteiger partial charge in [-0.2, -0.15) is 0 Å². The van der Waals surface area contributed by atoms with Gasteiger partial charge >= 0.3 is 5.97 Å². The van der Waals surface area contributed by atoms with Gasteiger partial charge in [-0.05, 0) is 49.5 Å². The molecule has 1 atom stereocenters. The van der Waals surface area contributed by atoms with Gasteiger partial charge in [0.05, 0.1) is 0 Å². The lowest BCUT2D eigenvalue weighted by Gasteiger charge is -2.22. The summed E-state index contributed by atoms with van der Waals surface area (Å²) >= 11 is 0. The second-order valence-electron chi connectivity index (χ2n) is 7.41. The first-order valence-electron chi connectivity index (χ1n) is 8.46. The van der Waals surface area contributed by atoms with Crippen LogP contribution in [0.3, 0.4) is 0 Å². The van der Waals surface area contributed by atoms with Crippen LogP contribution in [0, 0.1) is 5.92 Å². The molecule has 0 saturated heterocycles. The molecule has 7 heteroatoms. The van der Waals surface area contributed by atoms with Crippen molar-refractivity contribution in [3.8, 4) is 0 Å². The Bertz CT molecular complexity index is 751. The number of tetrazole rings is 1. The highest BCUT2D eigenvalue weighted by Gasteiger charge is 2.50. The highest BCUT2D eigenvalue weighted by atomic mass is 16.4. The Balaban J connectivity index is 1.58. The van der Waals surface area contributed by atoms with Crippen LogP contribution in [0.15, 0.2) is 24.4 Å². The summed E-state index contributed by atoms with van der Waals surface area (Å²) in [6.45, 7) is 1.69. The normalized spacial score (nSPS) is 21.2. The second kappa shape index (κ2) is 5.36. The Kier molecular flexibility index (Phi) is 3.40. The van der Waals surface area contributed by atoms with Crippen molar-refractivity contribution in [1.29, 1.82) is 0 Å². The van der Waals surface area contributed by atoms with Gasteiger partial charge in [0.2, 0.25) is 0 Å². The molecule has 0 spiro atoms. The molecule has 0 bridgehead atoms. The monoisotopic (exact) mass is 327 g/mol. The molecular weight excluding hydrogens is 306 g/mol. The maximum atomic E-state index is 11.8. The van der Waals surface area contributed by atoms with E-state index in [2.05, 4.69) is 20.4 Å². The van der Waals surface area contributed by atoms with Gasteiger partial charge in [-0.25, -0.2) is 4.79 Å². The predicted octanol–water partition coefficient (Wildman–Crippen LogP) is 1.94. The Morgan fingerprint density at radius 1 is 1.42 bits per heavy atom. The van der Waals surface area contributed by atoms with E-state index in [9.17, 15) is 9.90 Å². The number of rotatable bonds is 7. The van der Waals surface area contributed by atoms with E-state index in [-0.39, 0.29) is 5.41 Å². The smallest absolute Gasteiger partial charge is 0.333 e. The van der Waals surface area contributed by atoms with E-state index >= 15 is 0 Å². The van der Waals surface area contributed by atoms with Gasteiger partial charge in [-0.15, -0.1) is 15.0 Å². The quantitative estimate of drug-likeness (QED) is 0.835. The Morgan fingerprint density at radius 2 is 2.21 bits per heavy atom. The van der Waals surface area contributed by atoms with Gasteiger partial charge in [0.15, 0.2) is 11.4 Å². The van der Waals surface area contributed by atoms with Gasteiger partial charge in [0, 0.05) is 23.7 Å². The van der Waals surface area contributed by atoms with E-state index in [1.54, 1.807) is 13.1 Å². The number of aliphatic carboxylic acids is 1. The van der Waals surface area contributed by atoms with E-state index in [0.29, 0.717) is 18.2 Å². The van der Waals surface area contributed by atoms with Crippen molar-refractivity contribution < 1.29 is 9.90 Å². The molecule has 126 valence electrons. The van der Waals surface area contributed by atoms with Crippen LogP contribution < -0.4 is 0 Å². The van der Waals surface area contributed by atoms with Crippen LogP contribution in [0.2, 0.25) is 0 Å². The van der Waals surface area contributed by atoms with Crippen molar-refractivity contribution >= 4 is 5.97 Å². The summed E-state index contributed by atoms with van der Waals surface area (Å²) in [5.74, 6) is 0.216. The van der Waals surface area contributed by atoms with Crippen LogP contribution in [0.5, 0.6) is 0 Å². The van der Waals surface area contributed by atoms with Crippen molar-refractivity contribution in [3.05, 3.63) is 35.9 Å². The van der Waals surface area contributed by atoms with Gasteiger partial charge in [0.25, 0.3) is 0 Å². The number of carboxylic acids is 1. The van der Waals surface area contributed by atoms with Crippen LogP contribution >= 0.6 is 0 Å². The fraction of sp³-hybridized carbons (Fsp3) is 0.588. The summed E-state index contributed by atoms with van der Waals surface area (Å²) in [6, 6.07) is 5.87. The van der Waals surface area contributed by atoms with E-state index in [1.807, 2.05) is 18.2 Å². The Morgan fingerprint density at radius 3 is 2.79 bits per heavy atom. The van der Waals surface area contributed by atoms with Crippen molar-refractivity contribution in [2.45, 2.75) is 56.4 Å². The largest absolute Gasteiger partial charge is 0.479 e. The number of aromatic nitrogens is 5. The van der Waals surface area contributed by atoms with E-state index < -0.39 is 11.5 Å². The van der Waals surface area contributed by atoms with Crippen LogP contribution in [-0.4, -0.2) is 36.3 Å². The number of nitrogens with zero attached hydrogens (tertiary/aromatic N) is 5. The third-order valence-electron chi connectivity index (χ3n) is 5.27. The maximum Gasteiger partial charge on any atom is 0.333 e. The highest BCUT2D eigenvalue weighted by Crippen LogP contribution is 2.49. The minimum Gasteiger partial charge on any atom is -0.479 e. The Labute approximate surface area is 140 Å². The lowest BCUT2D eigenvalue weighted by Crippen LogP contribution is -2.41. The van der Waals surface area contributed by atoms with E-state index in [4.69, 9.17) is 0 Å². The van der Waals surface area contributed by atoms with Gasteiger partial charge < -0.3 is 5.11 Å². The zero-order valence-corrected chi connectivity index (χ0v) is 13.7. The fourth-order valence-corrected chi connectivity index (χ4v) is 3.25. The van der Waals surface area contributed by atoms with Gasteiger partial charge in [-0.3, -0.25) is 4.98 Å². The average molecular weight is 327 g/mol. The highest BCUT2D eigenvalue weighted by molar-refractivity contribution is 5.75.